The van der Waals surface area contributed by atoms with E-state index >= 15 is 0 Å². The van der Waals surface area contributed by atoms with E-state index in [0.29, 0.717) is 0 Å². The fourth-order valence-electron chi connectivity index (χ4n) is 2.95. The summed E-state index contributed by atoms with van der Waals surface area (Å²) < 4.78 is 1.95. The van der Waals surface area contributed by atoms with Gasteiger partial charge in [0.25, 0.3) is 0 Å². The molecule has 0 fully saturated rings. The van der Waals surface area contributed by atoms with Crippen LogP contribution in [0, 0.1) is 13.8 Å². The Morgan fingerprint density at radius 2 is 2.08 bits per heavy atom. The minimum absolute atomic E-state index is 0. The zero-order valence-electron chi connectivity index (χ0n) is 16.9. The van der Waals surface area contributed by atoms with E-state index in [9.17, 15) is 0 Å². The summed E-state index contributed by atoms with van der Waals surface area (Å²) in [4.78, 5) is 5.76. The normalized spacial score (nSPS) is 13.3. The van der Waals surface area contributed by atoms with E-state index in [-0.39, 0.29) is 35.4 Å². The van der Waals surface area contributed by atoms with Crippen LogP contribution in [0.3, 0.4) is 0 Å². The summed E-state index contributed by atoms with van der Waals surface area (Å²) >= 11 is 1.80. The lowest BCUT2D eigenvalue weighted by Gasteiger charge is -2.26. The van der Waals surface area contributed by atoms with Crippen molar-refractivity contribution in [2.45, 2.75) is 52.5 Å². The predicted octanol–water partition coefficient (Wildman–Crippen LogP) is 3.79. The van der Waals surface area contributed by atoms with Crippen LogP contribution >= 0.6 is 35.3 Å². The average Bonchev–Trinajstić information content (AvgIpc) is 3.17. The van der Waals surface area contributed by atoms with Crippen LogP contribution in [0.5, 0.6) is 0 Å². The number of aromatic nitrogens is 2. The molecule has 1 unspecified atom stereocenters. The van der Waals surface area contributed by atoms with Gasteiger partial charge in [0.15, 0.2) is 5.96 Å². The maximum Gasteiger partial charge on any atom is 0.191 e. The second kappa shape index (κ2) is 9.73. The van der Waals surface area contributed by atoms with Crippen LogP contribution in [0.1, 0.15) is 42.6 Å². The molecule has 5 nitrogen and oxygen atoms in total. The summed E-state index contributed by atoms with van der Waals surface area (Å²) in [6.07, 6.45) is 0.931. The second-order valence-corrected chi connectivity index (χ2v) is 8.26. The molecule has 0 aliphatic rings. The minimum atomic E-state index is 0. The molecule has 146 valence electrons. The molecule has 0 radical (unpaired) electrons. The lowest BCUT2D eigenvalue weighted by molar-refractivity contribution is 0.513. The zero-order valence-corrected chi connectivity index (χ0v) is 20.0. The van der Waals surface area contributed by atoms with Crippen molar-refractivity contribution in [1.29, 1.82) is 0 Å². The molecule has 2 aromatic heterocycles. The van der Waals surface area contributed by atoms with E-state index in [1.165, 1.54) is 16.1 Å². The number of aliphatic imine (C=N–C) groups is 1. The van der Waals surface area contributed by atoms with Crippen molar-refractivity contribution in [2.75, 3.05) is 13.6 Å². The van der Waals surface area contributed by atoms with E-state index in [1.807, 2.05) is 18.8 Å². The molecule has 0 saturated carbocycles. The number of thiophene rings is 1. The second-order valence-electron chi connectivity index (χ2n) is 7.31. The Bertz CT molecular complexity index is 719. The Kier molecular flexibility index (Phi) is 8.59. The molecule has 7 heteroatoms. The number of guanidine groups is 1. The van der Waals surface area contributed by atoms with Crippen LogP contribution in [-0.4, -0.2) is 35.4 Å². The maximum atomic E-state index is 4.50. The highest BCUT2D eigenvalue weighted by atomic mass is 127. The molecule has 26 heavy (non-hydrogen) atoms. The zero-order chi connectivity index (χ0) is 18.6. The monoisotopic (exact) mass is 489 g/mol. The molecule has 0 amide bonds. The van der Waals surface area contributed by atoms with Crippen molar-refractivity contribution >= 4 is 41.3 Å². The lowest BCUT2D eigenvalue weighted by atomic mass is 9.91. The van der Waals surface area contributed by atoms with E-state index in [1.54, 1.807) is 11.3 Å². The summed E-state index contributed by atoms with van der Waals surface area (Å²) in [7, 11) is 3.82. The molecule has 0 aliphatic heterocycles. The molecule has 0 spiro atoms. The van der Waals surface area contributed by atoms with Gasteiger partial charge in [0.05, 0.1) is 5.69 Å². The first-order chi connectivity index (χ1) is 11.7. The van der Waals surface area contributed by atoms with Gasteiger partial charge in [-0.15, -0.1) is 35.3 Å². The Balaban J connectivity index is 0.00000338. The fraction of sp³-hybridized carbons (Fsp3) is 0.579. The van der Waals surface area contributed by atoms with Crippen LogP contribution in [-0.2, 0) is 18.9 Å². The lowest BCUT2D eigenvalue weighted by Crippen LogP contribution is -2.46. The first-order valence-electron chi connectivity index (χ1n) is 8.75. The van der Waals surface area contributed by atoms with Crippen molar-refractivity contribution < 1.29 is 0 Å². The molecule has 0 aliphatic carbocycles. The summed E-state index contributed by atoms with van der Waals surface area (Å²) in [5.41, 5.74) is 3.73. The SMILES string of the molecule is CN=C(NCC(C)(C)c1cccs1)NC(C)Cc1c(C)nn(C)c1C.I. The van der Waals surface area contributed by atoms with E-state index in [4.69, 9.17) is 0 Å². The maximum absolute atomic E-state index is 4.50. The summed E-state index contributed by atoms with van der Waals surface area (Å²) in [6, 6.07) is 4.58. The van der Waals surface area contributed by atoms with Gasteiger partial charge in [-0.05, 0) is 44.2 Å². The smallest absolute Gasteiger partial charge is 0.191 e. The van der Waals surface area contributed by atoms with Crippen LogP contribution in [0.4, 0.5) is 0 Å². The van der Waals surface area contributed by atoms with Crippen molar-refractivity contribution in [3.05, 3.63) is 39.3 Å². The molecule has 0 aromatic carbocycles. The molecule has 2 rings (SSSR count). The molecule has 1 atom stereocenters. The van der Waals surface area contributed by atoms with Gasteiger partial charge in [-0.25, -0.2) is 0 Å². The Morgan fingerprint density at radius 1 is 1.38 bits per heavy atom. The highest BCUT2D eigenvalue weighted by Gasteiger charge is 2.22. The van der Waals surface area contributed by atoms with Crippen LogP contribution < -0.4 is 10.6 Å². The number of halogens is 1. The number of nitrogens with zero attached hydrogens (tertiary/aromatic N) is 3. The minimum Gasteiger partial charge on any atom is -0.356 e. The van der Waals surface area contributed by atoms with Crippen LogP contribution in [0.2, 0.25) is 0 Å². The van der Waals surface area contributed by atoms with Gasteiger partial charge in [-0.2, -0.15) is 5.10 Å². The van der Waals surface area contributed by atoms with Crippen molar-refractivity contribution in [3.8, 4) is 0 Å². The predicted molar refractivity (Wildman–Crippen MR) is 123 cm³/mol. The number of aryl methyl sites for hydroxylation is 2. The summed E-state index contributed by atoms with van der Waals surface area (Å²) in [6.45, 7) is 11.7. The standard InChI is InChI=1S/C19H31N5S.HI/c1-13(11-16-14(2)23-24(7)15(16)3)22-18(20-6)21-12-19(4,5)17-9-8-10-25-17;/h8-10,13H,11-12H2,1-7H3,(H2,20,21,22);1H. The molecule has 2 aromatic rings. The van der Waals surface area contributed by atoms with Gasteiger partial charge in [-0.1, -0.05) is 19.9 Å². The fourth-order valence-corrected chi connectivity index (χ4v) is 3.81. The summed E-state index contributed by atoms with van der Waals surface area (Å²) in [5, 5.41) is 13.6. The molecule has 0 bridgehead atoms. The largest absolute Gasteiger partial charge is 0.356 e. The molecular weight excluding hydrogens is 457 g/mol. The Hall–Kier alpha value is -1.09. The third-order valence-electron chi connectivity index (χ3n) is 4.66. The van der Waals surface area contributed by atoms with Crippen molar-refractivity contribution in [1.82, 2.24) is 20.4 Å². The summed E-state index contributed by atoms with van der Waals surface area (Å²) in [5.74, 6) is 0.844. The van der Waals surface area contributed by atoms with E-state index in [0.717, 1.165) is 24.6 Å². The Morgan fingerprint density at radius 3 is 2.58 bits per heavy atom. The number of hydrogen-bond donors (Lipinski definition) is 2. The molecule has 2 heterocycles. The quantitative estimate of drug-likeness (QED) is 0.369. The van der Waals surface area contributed by atoms with Crippen molar-refractivity contribution in [2.24, 2.45) is 12.0 Å². The van der Waals surface area contributed by atoms with E-state index < -0.39 is 0 Å². The van der Waals surface area contributed by atoms with Crippen molar-refractivity contribution in [3.63, 3.8) is 0 Å². The molecular formula is C19H32IN5S. The number of hydrogen-bond acceptors (Lipinski definition) is 3. The average molecular weight is 489 g/mol. The van der Waals surface area contributed by atoms with E-state index in [2.05, 4.69) is 72.9 Å². The van der Waals surface area contributed by atoms with Gasteiger partial charge < -0.3 is 10.6 Å². The van der Waals surface area contributed by atoms with Crippen LogP contribution in [0.25, 0.3) is 0 Å². The van der Waals surface area contributed by atoms with Gasteiger partial charge in [0, 0.05) is 42.7 Å². The van der Waals surface area contributed by atoms with Gasteiger partial charge in [-0.3, -0.25) is 9.67 Å². The topological polar surface area (TPSA) is 54.2 Å². The van der Waals surface area contributed by atoms with Crippen LogP contribution in [0.15, 0.2) is 22.5 Å². The number of nitrogens with one attached hydrogen (secondary N) is 2. The first-order valence-corrected chi connectivity index (χ1v) is 9.63. The third kappa shape index (κ3) is 5.70. The highest BCUT2D eigenvalue weighted by Crippen LogP contribution is 2.26. The first kappa shape index (κ1) is 23.0. The molecule has 0 saturated heterocycles. The highest BCUT2D eigenvalue weighted by molar-refractivity contribution is 14.0. The Labute approximate surface area is 178 Å². The van der Waals surface area contributed by atoms with Gasteiger partial charge in [0.2, 0.25) is 0 Å². The third-order valence-corrected chi connectivity index (χ3v) is 5.90. The van der Waals surface area contributed by atoms with Gasteiger partial charge >= 0.3 is 0 Å². The van der Waals surface area contributed by atoms with Gasteiger partial charge in [0.1, 0.15) is 0 Å². The number of rotatable bonds is 6. The molecule has 2 N–H and O–H groups in total.